The van der Waals surface area contributed by atoms with Gasteiger partial charge >= 0.3 is 0 Å². The number of amides is 2. The minimum atomic E-state index is -0.261. The number of para-hydroxylation sites is 1. The van der Waals surface area contributed by atoms with Crippen molar-refractivity contribution >= 4 is 33.4 Å². The summed E-state index contributed by atoms with van der Waals surface area (Å²) in [5.41, 5.74) is 2.74. The van der Waals surface area contributed by atoms with Gasteiger partial charge in [0.1, 0.15) is 0 Å². The summed E-state index contributed by atoms with van der Waals surface area (Å²) in [6.45, 7) is 3.57. The van der Waals surface area contributed by atoms with Crippen molar-refractivity contribution < 1.29 is 14.3 Å². The highest BCUT2D eigenvalue weighted by molar-refractivity contribution is 9.10. The van der Waals surface area contributed by atoms with Crippen molar-refractivity contribution in [1.29, 1.82) is 0 Å². The molecule has 0 radical (unpaired) electrons. The van der Waals surface area contributed by atoms with Crippen LogP contribution in [0.3, 0.4) is 0 Å². The molecule has 0 aromatic heterocycles. The first-order valence-electron chi connectivity index (χ1n) is 9.23. The summed E-state index contributed by atoms with van der Waals surface area (Å²) in [5, 5.41) is 2.69. The summed E-state index contributed by atoms with van der Waals surface area (Å²) in [6, 6.07) is 15.1. The number of anilines is 1. The maximum absolute atomic E-state index is 12.5. The lowest BCUT2D eigenvalue weighted by Gasteiger charge is -2.31. The minimum Gasteiger partial charge on any atom is -0.378 e. The number of rotatable bonds is 6. The average Bonchev–Trinajstić information content (AvgIpc) is 2.73. The normalized spacial score (nSPS) is 13.9. The third kappa shape index (κ3) is 5.33. The molecule has 28 heavy (non-hydrogen) atoms. The Hall–Kier alpha value is -2.38. The number of morpholine rings is 1. The first kappa shape index (κ1) is 20.4. The van der Waals surface area contributed by atoms with Gasteiger partial charge in [-0.1, -0.05) is 34.1 Å². The Bertz CT molecular complexity index is 820. The zero-order chi connectivity index (χ0) is 19.9. The van der Waals surface area contributed by atoms with Crippen LogP contribution in [0.25, 0.3) is 0 Å². The second-order valence-electron chi connectivity index (χ2n) is 6.67. The number of ether oxygens (including phenoxy) is 1. The van der Waals surface area contributed by atoms with E-state index in [1.54, 1.807) is 36.2 Å². The van der Waals surface area contributed by atoms with Gasteiger partial charge in [0, 0.05) is 42.4 Å². The molecule has 1 N–H and O–H groups in total. The lowest BCUT2D eigenvalue weighted by Crippen LogP contribution is -2.39. The molecular weight excluding hydrogens is 422 g/mol. The van der Waals surface area contributed by atoms with Crippen LogP contribution in [0.2, 0.25) is 0 Å². The smallest absolute Gasteiger partial charge is 0.251 e. The molecule has 3 rings (SSSR count). The molecule has 0 unspecified atom stereocenters. The number of halogens is 1. The Morgan fingerprint density at radius 3 is 2.50 bits per heavy atom. The van der Waals surface area contributed by atoms with E-state index in [4.69, 9.17) is 4.74 Å². The van der Waals surface area contributed by atoms with E-state index in [-0.39, 0.29) is 18.4 Å². The molecule has 1 heterocycles. The summed E-state index contributed by atoms with van der Waals surface area (Å²) in [6.07, 6.45) is 0. The molecule has 0 aliphatic carbocycles. The van der Waals surface area contributed by atoms with Crippen molar-refractivity contribution in [3.63, 3.8) is 0 Å². The lowest BCUT2D eigenvalue weighted by molar-refractivity contribution is -0.129. The zero-order valence-electron chi connectivity index (χ0n) is 15.9. The van der Waals surface area contributed by atoms with Gasteiger partial charge in [0.25, 0.3) is 5.91 Å². The number of hydrogen-bond donors (Lipinski definition) is 1. The van der Waals surface area contributed by atoms with Gasteiger partial charge in [-0.05, 0) is 35.9 Å². The molecule has 6 nitrogen and oxygen atoms in total. The Kier molecular flexibility index (Phi) is 7.06. The maximum Gasteiger partial charge on any atom is 0.251 e. The van der Waals surface area contributed by atoms with Gasteiger partial charge in [-0.25, -0.2) is 0 Å². The second-order valence-corrected chi connectivity index (χ2v) is 7.58. The quantitative estimate of drug-likeness (QED) is 0.742. The van der Waals surface area contributed by atoms with E-state index in [2.05, 4.69) is 32.2 Å². The third-order valence-corrected chi connectivity index (χ3v) is 5.21. The summed E-state index contributed by atoms with van der Waals surface area (Å²) in [4.78, 5) is 28.6. The van der Waals surface area contributed by atoms with E-state index in [1.165, 1.54) is 0 Å². The van der Waals surface area contributed by atoms with Crippen molar-refractivity contribution in [3.05, 3.63) is 64.1 Å². The topological polar surface area (TPSA) is 61.9 Å². The number of carbonyl (C=O) groups is 2. The van der Waals surface area contributed by atoms with Gasteiger partial charge in [-0.15, -0.1) is 0 Å². The minimum absolute atomic E-state index is 0.0366. The SMILES string of the molecule is CN(Cc1ccccc1N1CCOCC1)C(=O)CNC(=O)c1ccc(Br)cc1. The van der Waals surface area contributed by atoms with Gasteiger partial charge < -0.3 is 19.9 Å². The molecule has 7 heteroatoms. The molecular formula is C21H24BrN3O3. The molecule has 0 saturated carbocycles. The van der Waals surface area contributed by atoms with E-state index < -0.39 is 0 Å². The molecule has 0 bridgehead atoms. The molecule has 0 atom stereocenters. The zero-order valence-corrected chi connectivity index (χ0v) is 17.4. The molecule has 2 amide bonds. The number of benzene rings is 2. The van der Waals surface area contributed by atoms with E-state index in [9.17, 15) is 9.59 Å². The predicted molar refractivity (Wildman–Crippen MR) is 112 cm³/mol. The van der Waals surface area contributed by atoms with Crippen LogP contribution in [-0.4, -0.2) is 56.6 Å². The van der Waals surface area contributed by atoms with Crippen molar-refractivity contribution in [3.8, 4) is 0 Å². The summed E-state index contributed by atoms with van der Waals surface area (Å²) >= 11 is 3.34. The highest BCUT2D eigenvalue weighted by Crippen LogP contribution is 2.22. The van der Waals surface area contributed by atoms with Crippen LogP contribution in [0.5, 0.6) is 0 Å². The molecule has 2 aromatic carbocycles. The Morgan fingerprint density at radius 2 is 1.79 bits per heavy atom. The Balaban J connectivity index is 1.57. The highest BCUT2D eigenvalue weighted by atomic mass is 79.9. The third-order valence-electron chi connectivity index (χ3n) is 4.68. The van der Waals surface area contributed by atoms with E-state index in [0.29, 0.717) is 25.3 Å². The fourth-order valence-corrected chi connectivity index (χ4v) is 3.36. The average molecular weight is 446 g/mol. The van der Waals surface area contributed by atoms with Crippen LogP contribution < -0.4 is 10.2 Å². The van der Waals surface area contributed by atoms with Crippen LogP contribution >= 0.6 is 15.9 Å². The number of hydrogen-bond acceptors (Lipinski definition) is 4. The molecule has 0 spiro atoms. The number of nitrogens with one attached hydrogen (secondary N) is 1. The lowest BCUT2D eigenvalue weighted by atomic mass is 10.1. The predicted octanol–water partition coefficient (Wildman–Crippen LogP) is 2.67. The van der Waals surface area contributed by atoms with Crippen molar-refractivity contribution in [2.24, 2.45) is 0 Å². The van der Waals surface area contributed by atoms with Crippen LogP contribution in [-0.2, 0) is 16.1 Å². The number of likely N-dealkylation sites (N-methyl/N-ethyl adjacent to an activating group) is 1. The number of nitrogens with zero attached hydrogens (tertiary/aromatic N) is 2. The van der Waals surface area contributed by atoms with Crippen LogP contribution in [0.1, 0.15) is 15.9 Å². The highest BCUT2D eigenvalue weighted by Gasteiger charge is 2.17. The fourth-order valence-electron chi connectivity index (χ4n) is 3.10. The van der Waals surface area contributed by atoms with Gasteiger partial charge in [-0.3, -0.25) is 9.59 Å². The standard InChI is InChI=1S/C21H24BrN3O3/c1-24(20(26)14-23-21(27)16-6-8-18(22)9-7-16)15-17-4-2-3-5-19(17)25-10-12-28-13-11-25/h2-9H,10-15H2,1H3,(H,23,27). The van der Waals surface area contributed by atoms with Crippen molar-refractivity contribution in [2.45, 2.75) is 6.54 Å². The van der Waals surface area contributed by atoms with Gasteiger partial charge in [0.05, 0.1) is 19.8 Å². The first-order chi connectivity index (χ1) is 13.5. The van der Waals surface area contributed by atoms with Crippen LogP contribution in [0, 0.1) is 0 Å². The molecule has 1 aliphatic heterocycles. The van der Waals surface area contributed by atoms with E-state index in [1.807, 2.05) is 18.2 Å². The molecule has 1 saturated heterocycles. The Morgan fingerprint density at radius 1 is 1.11 bits per heavy atom. The van der Waals surface area contributed by atoms with E-state index in [0.717, 1.165) is 28.8 Å². The van der Waals surface area contributed by atoms with Gasteiger partial charge in [-0.2, -0.15) is 0 Å². The molecule has 148 valence electrons. The first-order valence-corrected chi connectivity index (χ1v) is 10.0. The molecule has 1 fully saturated rings. The maximum atomic E-state index is 12.5. The van der Waals surface area contributed by atoms with Crippen molar-refractivity contribution in [1.82, 2.24) is 10.2 Å². The molecule has 1 aliphatic rings. The van der Waals surface area contributed by atoms with E-state index >= 15 is 0 Å². The van der Waals surface area contributed by atoms with Crippen LogP contribution in [0.4, 0.5) is 5.69 Å². The summed E-state index contributed by atoms with van der Waals surface area (Å²) < 4.78 is 6.33. The second kappa shape index (κ2) is 9.71. The summed E-state index contributed by atoms with van der Waals surface area (Å²) in [5.74, 6) is -0.398. The number of carbonyl (C=O) groups excluding carboxylic acids is 2. The largest absolute Gasteiger partial charge is 0.378 e. The van der Waals surface area contributed by atoms with Gasteiger partial charge in [0.2, 0.25) is 5.91 Å². The van der Waals surface area contributed by atoms with Gasteiger partial charge in [0.15, 0.2) is 0 Å². The van der Waals surface area contributed by atoms with Crippen molar-refractivity contribution in [2.75, 3.05) is 44.8 Å². The summed E-state index contributed by atoms with van der Waals surface area (Å²) in [7, 11) is 1.75. The molecule has 2 aromatic rings. The Labute approximate surface area is 173 Å². The monoisotopic (exact) mass is 445 g/mol. The fraction of sp³-hybridized carbons (Fsp3) is 0.333. The van der Waals surface area contributed by atoms with Crippen LogP contribution in [0.15, 0.2) is 53.0 Å².